The van der Waals surface area contributed by atoms with E-state index in [1.54, 1.807) is 6.20 Å². The van der Waals surface area contributed by atoms with Gasteiger partial charge in [0, 0.05) is 6.20 Å². The molecule has 0 aliphatic heterocycles. The number of nitrogens with zero attached hydrogens (tertiary/aromatic N) is 1. The van der Waals surface area contributed by atoms with Crippen molar-refractivity contribution in [3.63, 3.8) is 0 Å². The summed E-state index contributed by atoms with van der Waals surface area (Å²) in [6, 6.07) is 2.25. The van der Waals surface area contributed by atoms with E-state index in [4.69, 9.17) is 10.6 Å². The van der Waals surface area contributed by atoms with Gasteiger partial charge in [0.15, 0.2) is 0 Å². The van der Waals surface area contributed by atoms with E-state index < -0.39 is 0 Å². The number of hydrogen-bond acceptors (Lipinski definition) is 4. The van der Waals surface area contributed by atoms with E-state index >= 15 is 0 Å². The first kappa shape index (κ1) is 11.4. The number of rotatable bonds is 6. The second-order valence-corrected chi connectivity index (χ2v) is 4.28. The molecule has 88 valence electrons. The normalized spacial score (nSPS) is 17.1. The summed E-state index contributed by atoms with van der Waals surface area (Å²) in [6.07, 6.45) is 7.11. The summed E-state index contributed by atoms with van der Waals surface area (Å²) in [4.78, 5) is 4.20. The molecule has 1 atom stereocenters. The number of pyridine rings is 1. The van der Waals surface area contributed by atoms with Gasteiger partial charge in [-0.15, -0.1) is 0 Å². The molecule has 1 aromatic heterocycles. The van der Waals surface area contributed by atoms with E-state index in [2.05, 4.69) is 17.3 Å². The molecule has 0 bridgehead atoms. The zero-order valence-corrected chi connectivity index (χ0v) is 9.65. The number of ether oxygens (including phenoxy) is 1. The van der Waals surface area contributed by atoms with Crippen molar-refractivity contribution in [1.82, 2.24) is 10.4 Å². The van der Waals surface area contributed by atoms with E-state index in [0.717, 1.165) is 24.3 Å². The van der Waals surface area contributed by atoms with Crippen LogP contribution in [0.5, 0.6) is 5.75 Å². The number of hydrogen-bond donors (Lipinski definition) is 2. The molecule has 16 heavy (non-hydrogen) atoms. The Bertz CT molecular complexity index is 339. The van der Waals surface area contributed by atoms with Gasteiger partial charge in [-0.05, 0) is 36.8 Å². The molecule has 2 rings (SSSR count). The van der Waals surface area contributed by atoms with Crippen LogP contribution in [0.1, 0.15) is 37.8 Å². The van der Waals surface area contributed by atoms with Crippen LogP contribution in [0.2, 0.25) is 0 Å². The van der Waals surface area contributed by atoms with Gasteiger partial charge in [-0.2, -0.15) is 0 Å². The van der Waals surface area contributed by atoms with Crippen LogP contribution in [0.15, 0.2) is 18.5 Å². The predicted molar refractivity (Wildman–Crippen MR) is 62.8 cm³/mol. The largest absolute Gasteiger partial charge is 0.492 e. The molecule has 4 heteroatoms. The first-order chi connectivity index (χ1) is 7.85. The highest BCUT2D eigenvalue weighted by atomic mass is 16.5. The van der Waals surface area contributed by atoms with Crippen LogP contribution in [0.25, 0.3) is 0 Å². The SMILES string of the molecule is CCCOc1cncc(C(NN)C2CC2)c1. The summed E-state index contributed by atoms with van der Waals surface area (Å²) in [7, 11) is 0. The average molecular weight is 221 g/mol. The number of hydrazine groups is 1. The minimum absolute atomic E-state index is 0.220. The molecule has 1 saturated carbocycles. The maximum atomic E-state index is 5.58. The summed E-state index contributed by atoms with van der Waals surface area (Å²) in [5.74, 6) is 7.07. The first-order valence-corrected chi connectivity index (χ1v) is 5.89. The van der Waals surface area contributed by atoms with Gasteiger partial charge in [0.2, 0.25) is 0 Å². The second-order valence-electron chi connectivity index (χ2n) is 4.28. The van der Waals surface area contributed by atoms with Gasteiger partial charge in [-0.1, -0.05) is 6.92 Å². The lowest BCUT2D eigenvalue weighted by Crippen LogP contribution is -2.29. The van der Waals surface area contributed by atoms with Crippen LogP contribution in [0.3, 0.4) is 0 Å². The molecule has 0 amide bonds. The van der Waals surface area contributed by atoms with E-state index in [1.165, 1.54) is 12.8 Å². The maximum Gasteiger partial charge on any atom is 0.137 e. The molecular formula is C12H19N3O. The van der Waals surface area contributed by atoms with Gasteiger partial charge in [-0.25, -0.2) is 0 Å². The van der Waals surface area contributed by atoms with Crippen molar-refractivity contribution in [2.75, 3.05) is 6.61 Å². The van der Waals surface area contributed by atoms with Gasteiger partial charge < -0.3 is 4.74 Å². The Kier molecular flexibility index (Phi) is 3.74. The molecule has 0 aromatic carbocycles. The average Bonchev–Trinajstić information content (AvgIpc) is 3.12. The van der Waals surface area contributed by atoms with Gasteiger partial charge in [0.1, 0.15) is 5.75 Å². The second kappa shape index (κ2) is 5.27. The third-order valence-corrected chi connectivity index (χ3v) is 2.84. The van der Waals surface area contributed by atoms with Crippen molar-refractivity contribution < 1.29 is 4.74 Å². The van der Waals surface area contributed by atoms with Gasteiger partial charge in [0.05, 0.1) is 18.8 Å². The molecule has 1 heterocycles. The molecule has 0 saturated heterocycles. The summed E-state index contributed by atoms with van der Waals surface area (Å²) in [5.41, 5.74) is 3.99. The third kappa shape index (κ3) is 2.71. The van der Waals surface area contributed by atoms with Crippen molar-refractivity contribution in [2.45, 2.75) is 32.2 Å². The molecule has 1 aliphatic rings. The minimum atomic E-state index is 0.220. The predicted octanol–water partition coefficient (Wildman–Crippen LogP) is 1.78. The standard InChI is InChI=1S/C12H19N3O/c1-2-5-16-11-6-10(7-14-8-11)12(15-13)9-3-4-9/h6-9,12,15H,2-5,13H2,1H3. The van der Waals surface area contributed by atoms with Crippen molar-refractivity contribution in [1.29, 1.82) is 0 Å². The minimum Gasteiger partial charge on any atom is -0.492 e. The van der Waals surface area contributed by atoms with Gasteiger partial charge >= 0.3 is 0 Å². The topological polar surface area (TPSA) is 60.2 Å². The van der Waals surface area contributed by atoms with Crippen molar-refractivity contribution in [3.8, 4) is 5.75 Å². The number of nitrogens with two attached hydrogens (primary N) is 1. The van der Waals surface area contributed by atoms with Crippen LogP contribution in [0.4, 0.5) is 0 Å². The molecule has 4 nitrogen and oxygen atoms in total. The molecule has 1 unspecified atom stereocenters. The molecule has 1 fully saturated rings. The highest BCUT2D eigenvalue weighted by Gasteiger charge is 2.31. The van der Waals surface area contributed by atoms with E-state index in [9.17, 15) is 0 Å². The Hall–Kier alpha value is -1.13. The first-order valence-electron chi connectivity index (χ1n) is 5.89. The summed E-state index contributed by atoms with van der Waals surface area (Å²) < 4.78 is 5.56. The molecule has 1 aliphatic carbocycles. The molecular weight excluding hydrogens is 202 g/mol. The number of aromatic nitrogens is 1. The summed E-state index contributed by atoms with van der Waals surface area (Å²) >= 11 is 0. The molecule has 0 spiro atoms. The van der Waals surface area contributed by atoms with Gasteiger partial charge in [-0.3, -0.25) is 16.3 Å². The van der Waals surface area contributed by atoms with Crippen LogP contribution < -0.4 is 16.0 Å². The van der Waals surface area contributed by atoms with Crippen LogP contribution in [-0.2, 0) is 0 Å². The lowest BCUT2D eigenvalue weighted by atomic mass is 10.1. The zero-order chi connectivity index (χ0) is 11.4. The summed E-state index contributed by atoms with van der Waals surface area (Å²) in [5, 5.41) is 0. The number of nitrogens with one attached hydrogen (secondary N) is 1. The Morgan fingerprint density at radius 1 is 1.56 bits per heavy atom. The van der Waals surface area contributed by atoms with E-state index in [0.29, 0.717) is 5.92 Å². The maximum absolute atomic E-state index is 5.58. The van der Waals surface area contributed by atoms with E-state index in [1.807, 2.05) is 12.3 Å². The lowest BCUT2D eigenvalue weighted by Gasteiger charge is -2.15. The van der Waals surface area contributed by atoms with Crippen molar-refractivity contribution >= 4 is 0 Å². The highest BCUT2D eigenvalue weighted by molar-refractivity contribution is 5.27. The fourth-order valence-electron chi connectivity index (χ4n) is 1.84. The highest BCUT2D eigenvalue weighted by Crippen LogP contribution is 2.40. The fourth-order valence-corrected chi connectivity index (χ4v) is 1.84. The Morgan fingerprint density at radius 2 is 2.38 bits per heavy atom. The van der Waals surface area contributed by atoms with Crippen LogP contribution in [-0.4, -0.2) is 11.6 Å². The smallest absolute Gasteiger partial charge is 0.137 e. The fraction of sp³-hybridized carbons (Fsp3) is 0.583. The van der Waals surface area contributed by atoms with Gasteiger partial charge in [0.25, 0.3) is 0 Å². The molecule has 3 N–H and O–H groups in total. The zero-order valence-electron chi connectivity index (χ0n) is 9.65. The van der Waals surface area contributed by atoms with Crippen LogP contribution in [0, 0.1) is 5.92 Å². The molecule has 0 radical (unpaired) electrons. The Morgan fingerprint density at radius 3 is 3.00 bits per heavy atom. The van der Waals surface area contributed by atoms with E-state index in [-0.39, 0.29) is 6.04 Å². The summed E-state index contributed by atoms with van der Waals surface area (Å²) in [6.45, 7) is 2.82. The van der Waals surface area contributed by atoms with Crippen LogP contribution >= 0.6 is 0 Å². The van der Waals surface area contributed by atoms with Crippen molar-refractivity contribution in [2.24, 2.45) is 11.8 Å². The van der Waals surface area contributed by atoms with Crippen molar-refractivity contribution in [3.05, 3.63) is 24.0 Å². The lowest BCUT2D eigenvalue weighted by molar-refractivity contribution is 0.315. The Balaban J connectivity index is 2.07. The molecule has 1 aromatic rings. The monoisotopic (exact) mass is 221 g/mol. The Labute approximate surface area is 96.2 Å². The third-order valence-electron chi connectivity index (χ3n) is 2.84. The quantitative estimate of drug-likeness (QED) is 0.568.